The van der Waals surface area contributed by atoms with E-state index in [1.165, 1.54) is 20.2 Å². The van der Waals surface area contributed by atoms with Crippen LogP contribution < -0.4 is 5.32 Å². The van der Waals surface area contributed by atoms with Crippen molar-refractivity contribution in [2.45, 2.75) is 70.4 Å². The van der Waals surface area contributed by atoms with Crippen LogP contribution in [0.25, 0.3) is 11.2 Å². The first-order chi connectivity index (χ1) is 14.9. The third-order valence-electron chi connectivity index (χ3n) is 5.43. The molecule has 0 amide bonds. The molecule has 1 N–H and O–H groups in total. The van der Waals surface area contributed by atoms with Gasteiger partial charge in [0.15, 0.2) is 23.2 Å². The summed E-state index contributed by atoms with van der Waals surface area (Å²) in [5, 5.41) is 12.8. The molecular formula is C20H24N6O5. The molecule has 1 aliphatic carbocycles. The minimum absolute atomic E-state index is 0.00763. The molecule has 3 atom stereocenters. The molecule has 164 valence electrons. The molecule has 3 heterocycles. The lowest BCUT2D eigenvalue weighted by atomic mass is 10.2. The molecule has 11 nitrogen and oxygen atoms in total. The number of nitrogens with zero attached hydrogens (tertiary/aromatic N) is 5. The van der Waals surface area contributed by atoms with Crippen LogP contribution in [0, 0.1) is 11.3 Å². The van der Waals surface area contributed by atoms with Crippen LogP contribution in [-0.4, -0.2) is 56.3 Å². The lowest BCUT2D eigenvalue weighted by Crippen LogP contribution is -2.24. The summed E-state index contributed by atoms with van der Waals surface area (Å²) < 4.78 is 18.2. The van der Waals surface area contributed by atoms with Crippen molar-refractivity contribution in [3.05, 3.63) is 12.2 Å². The molecule has 0 aromatic carbocycles. The Morgan fingerprint density at radius 1 is 1.29 bits per heavy atom. The van der Waals surface area contributed by atoms with E-state index in [4.69, 9.17) is 14.2 Å². The Balaban J connectivity index is 1.67. The fourth-order valence-electron chi connectivity index (χ4n) is 4.11. The highest BCUT2D eigenvalue weighted by atomic mass is 16.6. The number of aromatic nitrogens is 4. The van der Waals surface area contributed by atoms with Crippen molar-refractivity contribution in [1.82, 2.24) is 19.5 Å². The van der Waals surface area contributed by atoms with Crippen LogP contribution in [0.1, 0.15) is 58.0 Å². The fraction of sp³-hybridized carbons (Fsp3) is 0.600. The van der Waals surface area contributed by atoms with Crippen molar-refractivity contribution < 1.29 is 23.8 Å². The van der Waals surface area contributed by atoms with Crippen molar-refractivity contribution in [2.75, 3.05) is 11.9 Å². The summed E-state index contributed by atoms with van der Waals surface area (Å²) in [4.78, 5) is 35.9. The molecular weight excluding hydrogens is 404 g/mol. The highest BCUT2D eigenvalue weighted by Crippen LogP contribution is 2.35. The van der Waals surface area contributed by atoms with Gasteiger partial charge in [0, 0.05) is 26.3 Å². The topological polar surface area (TPSA) is 141 Å². The second kappa shape index (κ2) is 8.85. The highest BCUT2D eigenvalue weighted by molar-refractivity contribution is 5.83. The van der Waals surface area contributed by atoms with Crippen molar-refractivity contribution >= 4 is 28.9 Å². The number of rotatable bonds is 6. The summed E-state index contributed by atoms with van der Waals surface area (Å²) in [6.45, 7) is 2.68. The van der Waals surface area contributed by atoms with E-state index in [9.17, 15) is 14.9 Å². The third-order valence-corrected chi connectivity index (χ3v) is 5.43. The largest absolute Gasteiger partial charge is 0.463 e. The van der Waals surface area contributed by atoms with E-state index in [1.807, 2.05) is 6.07 Å². The lowest BCUT2D eigenvalue weighted by molar-refractivity contribution is -0.152. The van der Waals surface area contributed by atoms with Crippen LogP contribution in [-0.2, 0) is 23.8 Å². The van der Waals surface area contributed by atoms with Crippen LogP contribution in [0.4, 0.5) is 5.82 Å². The normalized spacial score (nSPS) is 23.6. The zero-order valence-electron chi connectivity index (χ0n) is 17.4. The first-order valence-electron chi connectivity index (χ1n) is 10.3. The van der Waals surface area contributed by atoms with Gasteiger partial charge in [-0.05, 0) is 12.8 Å². The number of anilines is 1. The number of carbonyl (C=O) groups excluding carboxylic acids is 2. The van der Waals surface area contributed by atoms with E-state index in [0.29, 0.717) is 23.4 Å². The van der Waals surface area contributed by atoms with Crippen molar-refractivity contribution in [1.29, 1.82) is 5.26 Å². The Kier molecular flexibility index (Phi) is 5.99. The molecule has 2 aliphatic rings. The molecule has 0 bridgehead atoms. The second-order valence-corrected chi connectivity index (χ2v) is 7.79. The number of carbonyl (C=O) groups is 2. The van der Waals surface area contributed by atoms with Gasteiger partial charge in [-0.3, -0.25) is 14.2 Å². The van der Waals surface area contributed by atoms with Gasteiger partial charge in [0.05, 0.1) is 12.4 Å². The van der Waals surface area contributed by atoms with Gasteiger partial charge in [-0.1, -0.05) is 12.8 Å². The van der Waals surface area contributed by atoms with Crippen molar-refractivity contribution in [3.8, 4) is 6.07 Å². The second-order valence-electron chi connectivity index (χ2n) is 7.79. The van der Waals surface area contributed by atoms with Gasteiger partial charge in [-0.15, -0.1) is 0 Å². The number of imidazole rings is 1. The molecule has 2 aromatic heterocycles. The smallest absolute Gasteiger partial charge is 0.303 e. The van der Waals surface area contributed by atoms with Crippen molar-refractivity contribution in [2.24, 2.45) is 0 Å². The van der Waals surface area contributed by atoms with Crippen LogP contribution in [0.2, 0.25) is 0 Å². The quantitative estimate of drug-likeness (QED) is 0.677. The highest BCUT2D eigenvalue weighted by Gasteiger charge is 2.40. The molecule has 4 rings (SSSR count). The molecule has 2 aromatic rings. The van der Waals surface area contributed by atoms with Gasteiger partial charge >= 0.3 is 11.9 Å². The van der Waals surface area contributed by atoms with Gasteiger partial charge in [-0.25, -0.2) is 4.98 Å². The van der Waals surface area contributed by atoms with Crippen LogP contribution in [0.5, 0.6) is 0 Å². The minimum Gasteiger partial charge on any atom is -0.463 e. The SMILES string of the molecule is CC(=O)OCC1CC(OC(C)=O)C(n2cnc3c(NC4CCCC4)nc(C#N)nc32)O1. The lowest BCUT2D eigenvalue weighted by Gasteiger charge is -2.20. The monoisotopic (exact) mass is 428 g/mol. The van der Waals surface area contributed by atoms with Crippen LogP contribution >= 0.6 is 0 Å². The van der Waals surface area contributed by atoms with E-state index in [1.54, 1.807) is 4.57 Å². The van der Waals surface area contributed by atoms with E-state index in [2.05, 4.69) is 20.3 Å². The maximum atomic E-state index is 11.6. The molecule has 1 saturated carbocycles. The Morgan fingerprint density at radius 2 is 2.06 bits per heavy atom. The number of ether oxygens (including phenoxy) is 3. The van der Waals surface area contributed by atoms with E-state index in [-0.39, 0.29) is 18.5 Å². The predicted octanol–water partition coefficient (Wildman–Crippen LogP) is 1.83. The average molecular weight is 428 g/mol. The predicted molar refractivity (Wildman–Crippen MR) is 107 cm³/mol. The zero-order valence-corrected chi connectivity index (χ0v) is 17.4. The van der Waals surface area contributed by atoms with Crippen LogP contribution in [0.3, 0.4) is 0 Å². The Hall–Kier alpha value is -3.26. The molecule has 0 spiro atoms. The molecule has 0 radical (unpaired) electrons. The fourth-order valence-corrected chi connectivity index (χ4v) is 4.11. The van der Waals surface area contributed by atoms with Gasteiger partial charge in [0.2, 0.25) is 5.82 Å². The molecule has 31 heavy (non-hydrogen) atoms. The minimum atomic E-state index is -0.727. The van der Waals surface area contributed by atoms with E-state index < -0.39 is 30.4 Å². The number of nitriles is 1. The first-order valence-corrected chi connectivity index (χ1v) is 10.3. The Bertz CT molecular complexity index is 1020. The number of fused-ring (bicyclic) bond motifs is 1. The van der Waals surface area contributed by atoms with Crippen LogP contribution in [0.15, 0.2) is 6.33 Å². The molecule has 3 unspecified atom stereocenters. The number of hydrogen-bond donors (Lipinski definition) is 1. The molecule has 1 saturated heterocycles. The molecule has 11 heteroatoms. The summed E-state index contributed by atoms with van der Waals surface area (Å²) in [7, 11) is 0. The van der Waals surface area contributed by atoms with Gasteiger partial charge in [0.1, 0.15) is 18.8 Å². The van der Waals surface area contributed by atoms with Gasteiger partial charge < -0.3 is 19.5 Å². The Labute approximate surface area is 178 Å². The van der Waals surface area contributed by atoms with Gasteiger partial charge in [-0.2, -0.15) is 15.2 Å². The first kappa shape index (κ1) is 21.0. The molecule has 1 aliphatic heterocycles. The summed E-state index contributed by atoms with van der Waals surface area (Å²) >= 11 is 0. The standard InChI is InChI=1S/C20H24N6O5/c1-11(27)29-9-14-7-15(30-12(2)28)20(31-14)26-10-22-17-18(23-13-5-3-4-6-13)24-16(8-21)25-19(17)26/h10,13-15,20H,3-7,9H2,1-2H3,(H,23,24,25). The number of hydrogen-bond acceptors (Lipinski definition) is 10. The summed E-state index contributed by atoms with van der Waals surface area (Å²) in [6, 6.07) is 2.27. The van der Waals surface area contributed by atoms with Gasteiger partial charge in [0.25, 0.3) is 0 Å². The van der Waals surface area contributed by atoms with Crippen molar-refractivity contribution in [3.63, 3.8) is 0 Å². The molecule has 2 fully saturated rings. The summed E-state index contributed by atoms with van der Waals surface area (Å²) in [5.74, 6) is -0.357. The Morgan fingerprint density at radius 3 is 2.74 bits per heavy atom. The number of nitrogens with one attached hydrogen (secondary N) is 1. The van der Waals surface area contributed by atoms with E-state index in [0.717, 1.165) is 25.7 Å². The maximum absolute atomic E-state index is 11.6. The summed E-state index contributed by atoms with van der Waals surface area (Å²) in [6.07, 6.45) is 4.44. The number of esters is 2. The zero-order chi connectivity index (χ0) is 22.0. The third kappa shape index (κ3) is 4.59. The maximum Gasteiger partial charge on any atom is 0.303 e. The van der Waals surface area contributed by atoms with E-state index >= 15 is 0 Å². The summed E-state index contributed by atoms with van der Waals surface area (Å²) in [5.41, 5.74) is 0.918. The average Bonchev–Trinajstić information content (AvgIpc) is 3.45.